The first kappa shape index (κ1) is 9.50. The third-order valence-electron chi connectivity index (χ3n) is 1.13. The number of hydrogen-bond acceptors (Lipinski definition) is 2. The molecule has 0 aliphatic carbocycles. The molecule has 0 saturated heterocycles. The molecule has 2 nitrogen and oxygen atoms in total. The predicted molar refractivity (Wildman–Crippen MR) is 41.5 cm³/mol. The van der Waals surface area contributed by atoms with Gasteiger partial charge in [0.1, 0.15) is 6.61 Å². The summed E-state index contributed by atoms with van der Waals surface area (Å²) in [5.41, 5.74) is 0. The lowest BCUT2D eigenvalue weighted by Gasteiger charge is -2.09. The van der Waals surface area contributed by atoms with Gasteiger partial charge < -0.3 is 9.47 Å². The van der Waals surface area contributed by atoms with E-state index < -0.39 is 0 Å². The van der Waals surface area contributed by atoms with Gasteiger partial charge in [-0.25, -0.2) is 0 Å². The zero-order valence-electron chi connectivity index (χ0n) is 6.51. The first-order valence-electron chi connectivity index (χ1n) is 3.44. The Kier molecular flexibility index (Phi) is 6.29. The molecular weight excluding hydrogens is 128 g/mol. The molecule has 0 N–H and O–H groups in total. The summed E-state index contributed by atoms with van der Waals surface area (Å²) < 4.78 is 10.1. The van der Waals surface area contributed by atoms with E-state index in [-0.39, 0.29) is 6.10 Å². The zero-order valence-corrected chi connectivity index (χ0v) is 6.51. The second-order valence-electron chi connectivity index (χ2n) is 2.01. The molecule has 0 amide bonds. The topological polar surface area (TPSA) is 18.5 Å². The molecule has 59 valence electrons. The van der Waals surface area contributed by atoms with Gasteiger partial charge in [-0.2, -0.15) is 0 Å². The van der Waals surface area contributed by atoms with E-state index in [1.807, 2.05) is 6.92 Å². The molecule has 0 aromatic heterocycles. The average molecular weight is 143 g/mol. The standard InChI is InChI=1S/C8H15O2/c1-4-8(3)10-7-6-9-5-2/h5,8H,1-2,4,6-7H2,3H3. The molecule has 0 heterocycles. The van der Waals surface area contributed by atoms with E-state index in [0.717, 1.165) is 6.42 Å². The number of ether oxygens (including phenoxy) is 2. The van der Waals surface area contributed by atoms with Crippen LogP contribution in [-0.2, 0) is 9.47 Å². The van der Waals surface area contributed by atoms with Gasteiger partial charge in [0.15, 0.2) is 0 Å². The van der Waals surface area contributed by atoms with Crippen LogP contribution in [0.15, 0.2) is 12.8 Å². The molecule has 0 fully saturated rings. The van der Waals surface area contributed by atoms with Crippen molar-refractivity contribution in [2.75, 3.05) is 13.2 Å². The van der Waals surface area contributed by atoms with E-state index in [1.54, 1.807) is 0 Å². The highest BCUT2D eigenvalue weighted by Crippen LogP contribution is 1.94. The minimum absolute atomic E-state index is 0.230. The van der Waals surface area contributed by atoms with Crippen LogP contribution < -0.4 is 0 Å². The van der Waals surface area contributed by atoms with Crippen LogP contribution >= 0.6 is 0 Å². The van der Waals surface area contributed by atoms with Gasteiger partial charge in [0.05, 0.1) is 19.0 Å². The molecule has 0 aromatic carbocycles. The molecule has 0 saturated carbocycles. The number of rotatable bonds is 6. The minimum Gasteiger partial charge on any atom is -0.499 e. The van der Waals surface area contributed by atoms with Crippen molar-refractivity contribution in [1.82, 2.24) is 0 Å². The summed E-state index contributed by atoms with van der Waals surface area (Å²) in [4.78, 5) is 0. The van der Waals surface area contributed by atoms with Crippen LogP contribution in [0.5, 0.6) is 0 Å². The largest absolute Gasteiger partial charge is 0.499 e. The fourth-order valence-corrected chi connectivity index (χ4v) is 0.464. The normalized spacial score (nSPS) is 12.6. The molecule has 0 aromatic rings. The molecule has 1 atom stereocenters. The Bertz CT molecular complexity index is 81.3. The lowest BCUT2D eigenvalue weighted by molar-refractivity contribution is 0.0366. The fraction of sp³-hybridized carbons (Fsp3) is 0.625. The van der Waals surface area contributed by atoms with Crippen molar-refractivity contribution in [3.8, 4) is 0 Å². The molecule has 0 aliphatic heterocycles. The van der Waals surface area contributed by atoms with Crippen molar-refractivity contribution >= 4 is 0 Å². The monoisotopic (exact) mass is 143 g/mol. The van der Waals surface area contributed by atoms with Gasteiger partial charge in [-0.15, -0.1) is 0 Å². The van der Waals surface area contributed by atoms with E-state index in [9.17, 15) is 0 Å². The Morgan fingerprint density at radius 2 is 2.20 bits per heavy atom. The van der Waals surface area contributed by atoms with Crippen LogP contribution in [0.2, 0.25) is 0 Å². The highest BCUT2D eigenvalue weighted by molar-refractivity contribution is 4.52. The Morgan fingerprint density at radius 1 is 1.50 bits per heavy atom. The van der Waals surface area contributed by atoms with E-state index in [4.69, 9.17) is 9.47 Å². The van der Waals surface area contributed by atoms with Crippen LogP contribution in [0.1, 0.15) is 13.3 Å². The third kappa shape index (κ3) is 5.63. The number of hydrogen-bond donors (Lipinski definition) is 0. The highest BCUT2D eigenvalue weighted by Gasteiger charge is 1.95. The average Bonchev–Trinajstić information content (AvgIpc) is 1.98. The molecule has 1 radical (unpaired) electrons. The van der Waals surface area contributed by atoms with Crippen LogP contribution in [-0.4, -0.2) is 19.3 Å². The van der Waals surface area contributed by atoms with Crippen LogP contribution in [0.3, 0.4) is 0 Å². The zero-order chi connectivity index (χ0) is 7.82. The first-order valence-corrected chi connectivity index (χ1v) is 3.44. The van der Waals surface area contributed by atoms with Crippen LogP contribution in [0.25, 0.3) is 0 Å². The Balaban J connectivity index is 2.95. The van der Waals surface area contributed by atoms with Gasteiger partial charge in [-0.3, -0.25) is 0 Å². The van der Waals surface area contributed by atoms with E-state index in [1.165, 1.54) is 6.26 Å². The molecule has 2 heteroatoms. The van der Waals surface area contributed by atoms with Crippen molar-refractivity contribution in [2.24, 2.45) is 0 Å². The van der Waals surface area contributed by atoms with Gasteiger partial charge in [0, 0.05) is 0 Å². The third-order valence-corrected chi connectivity index (χ3v) is 1.13. The molecule has 0 bridgehead atoms. The molecular formula is C8H15O2. The molecule has 0 rings (SSSR count). The van der Waals surface area contributed by atoms with Gasteiger partial charge in [-0.05, 0) is 13.3 Å². The fourth-order valence-electron chi connectivity index (χ4n) is 0.464. The predicted octanol–water partition coefficient (Wildman–Crippen LogP) is 1.78. The highest BCUT2D eigenvalue weighted by atomic mass is 16.5. The summed E-state index contributed by atoms with van der Waals surface area (Å²) in [5, 5.41) is 0. The van der Waals surface area contributed by atoms with Gasteiger partial charge >= 0.3 is 0 Å². The maximum absolute atomic E-state index is 5.26. The SMILES string of the molecule is [CH2]CC(C)OCCOC=C. The maximum Gasteiger partial charge on any atom is 0.111 e. The quantitative estimate of drug-likeness (QED) is 0.417. The van der Waals surface area contributed by atoms with Crippen molar-refractivity contribution < 1.29 is 9.47 Å². The van der Waals surface area contributed by atoms with Crippen molar-refractivity contribution in [1.29, 1.82) is 0 Å². The summed E-state index contributed by atoms with van der Waals surface area (Å²) >= 11 is 0. The summed E-state index contributed by atoms with van der Waals surface area (Å²) in [6, 6.07) is 0. The summed E-state index contributed by atoms with van der Waals surface area (Å²) in [7, 11) is 0. The molecule has 0 aliphatic rings. The van der Waals surface area contributed by atoms with E-state index in [2.05, 4.69) is 13.5 Å². The smallest absolute Gasteiger partial charge is 0.111 e. The second-order valence-corrected chi connectivity index (χ2v) is 2.01. The van der Waals surface area contributed by atoms with E-state index in [0.29, 0.717) is 13.2 Å². The maximum atomic E-state index is 5.26. The minimum atomic E-state index is 0.230. The van der Waals surface area contributed by atoms with E-state index >= 15 is 0 Å². The summed E-state index contributed by atoms with van der Waals surface area (Å²) in [5.74, 6) is 0. The molecule has 1 unspecified atom stereocenters. The van der Waals surface area contributed by atoms with Crippen molar-refractivity contribution in [3.63, 3.8) is 0 Å². The summed E-state index contributed by atoms with van der Waals surface area (Å²) in [6.45, 7) is 10.3. The van der Waals surface area contributed by atoms with Gasteiger partial charge in [-0.1, -0.05) is 13.5 Å². The van der Waals surface area contributed by atoms with Crippen LogP contribution in [0.4, 0.5) is 0 Å². The van der Waals surface area contributed by atoms with Crippen LogP contribution in [0, 0.1) is 6.92 Å². The van der Waals surface area contributed by atoms with Gasteiger partial charge in [0.2, 0.25) is 0 Å². The van der Waals surface area contributed by atoms with Gasteiger partial charge in [0.25, 0.3) is 0 Å². The lowest BCUT2D eigenvalue weighted by atomic mass is 10.3. The molecule has 0 spiro atoms. The first-order chi connectivity index (χ1) is 4.81. The summed E-state index contributed by atoms with van der Waals surface area (Å²) in [6.07, 6.45) is 2.44. The second kappa shape index (κ2) is 6.62. The Hall–Kier alpha value is -0.500. The Labute approximate surface area is 62.8 Å². The molecule has 10 heavy (non-hydrogen) atoms. The van der Waals surface area contributed by atoms with Crippen molar-refractivity contribution in [2.45, 2.75) is 19.4 Å². The Morgan fingerprint density at radius 3 is 2.70 bits per heavy atom. The van der Waals surface area contributed by atoms with Crippen molar-refractivity contribution in [3.05, 3.63) is 19.8 Å². The lowest BCUT2D eigenvalue weighted by Crippen LogP contribution is -2.10.